The lowest BCUT2D eigenvalue weighted by molar-refractivity contribution is -0.138. The monoisotopic (exact) mass is 210 g/mol. The van der Waals surface area contributed by atoms with Crippen molar-refractivity contribution in [3.05, 3.63) is 12.3 Å². The van der Waals surface area contributed by atoms with E-state index in [0.29, 0.717) is 31.0 Å². The number of rotatable bonds is 6. The molecule has 0 fully saturated rings. The lowest BCUT2D eigenvalue weighted by Gasteiger charge is -1.95. The highest BCUT2D eigenvalue weighted by Gasteiger charge is 1.98. The van der Waals surface area contributed by atoms with Gasteiger partial charge >= 0.3 is 5.97 Å². The second-order valence-electron chi connectivity index (χ2n) is 2.13. The molecule has 4 heteroatoms. The lowest BCUT2D eigenvalue weighted by atomic mass is 10.3. The van der Waals surface area contributed by atoms with Gasteiger partial charge in [0.2, 0.25) is 0 Å². The van der Waals surface area contributed by atoms with Crippen LogP contribution in [0.15, 0.2) is 12.3 Å². The van der Waals surface area contributed by atoms with Crippen LogP contribution in [0, 0.1) is 0 Å². The minimum atomic E-state index is -0.249. The number of halogens is 2. The summed E-state index contributed by atoms with van der Waals surface area (Å²) in [6.45, 7) is 0. The van der Waals surface area contributed by atoms with Gasteiger partial charge in [-0.25, -0.2) is 0 Å². The summed E-state index contributed by atoms with van der Waals surface area (Å²) in [6, 6.07) is 0. The summed E-state index contributed by atoms with van der Waals surface area (Å²) in [5, 5.41) is 0. The summed E-state index contributed by atoms with van der Waals surface area (Å²) in [7, 11) is 0. The van der Waals surface area contributed by atoms with Gasteiger partial charge in [-0.15, -0.1) is 23.2 Å². The number of esters is 1. The number of hydrogen-bond acceptors (Lipinski definition) is 2. The van der Waals surface area contributed by atoms with Crippen LogP contribution in [-0.4, -0.2) is 17.7 Å². The zero-order valence-electron chi connectivity index (χ0n) is 6.76. The molecule has 0 saturated carbocycles. The first-order valence-electron chi connectivity index (χ1n) is 3.77. The van der Waals surface area contributed by atoms with Gasteiger partial charge in [-0.2, -0.15) is 0 Å². The van der Waals surface area contributed by atoms with E-state index in [2.05, 4.69) is 0 Å². The van der Waals surface area contributed by atoms with Crippen LogP contribution >= 0.6 is 23.2 Å². The first kappa shape index (κ1) is 11.8. The van der Waals surface area contributed by atoms with Crippen molar-refractivity contribution in [3.8, 4) is 0 Å². The van der Waals surface area contributed by atoms with Crippen molar-refractivity contribution in [2.75, 3.05) is 11.8 Å². The number of carbonyl (C=O) groups is 1. The Morgan fingerprint density at radius 1 is 1.33 bits per heavy atom. The zero-order valence-corrected chi connectivity index (χ0v) is 8.27. The molecule has 0 aliphatic carbocycles. The minimum Gasteiger partial charge on any atom is -0.435 e. The zero-order chi connectivity index (χ0) is 9.23. The number of allylic oxidation sites excluding steroid dienone is 1. The number of alkyl halides is 2. The maximum absolute atomic E-state index is 10.8. The highest BCUT2D eigenvalue weighted by Crippen LogP contribution is 1.96. The lowest BCUT2D eigenvalue weighted by Crippen LogP contribution is -1.99. The average molecular weight is 211 g/mol. The molecule has 0 unspecified atom stereocenters. The van der Waals surface area contributed by atoms with E-state index >= 15 is 0 Å². The van der Waals surface area contributed by atoms with Crippen molar-refractivity contribution in [3.63, 3.8) is 0 Å². The van der Waals surface area contributed by atoms with Crippen LogP contribution in [0.25, 0.3) is 0 Å². The Bertz CT molecular complexity index is 146. The highest BCUT2D eigenvalue weighted by atomic mass is 35.5. The molecule has 0 saturated heterocycles. The van der Waals surface area contributed by atoms with Gasteiger partial charge in [0.05, 0.1) is 6.26 Å². The first-order valence-corrected chi connectivity index (χ1v) is 4.84. The molecule has 0 spiro atoms. The predicted molar refractivity (Wildman–Crippen MR) is 50.5 cm³/mol. The number of carbonyl (C=O) groups excluding carboxylic acids is 1. The van der Waals surface area contributed by atoms with Crippen molar-refractivity contribution < 1.29 is 9.53 Å². The molecule has 0 amide bonds. The van der Waals surface area contributed by atoms with Crippen molar-refractivity contribution in [2.24, 2.45) is 0 Å². The van der Waals surface area contributed by atoms with Crippen LogP contribution in [0.5, 0.6) is 0 Å². The van der Waals surface area contributed by atoms with E-state index in [1.807, 2.05) is 0 Å². The second kappa shape index (κ2) is 8.88. The first-order chi connectivity index (χ1) is 5.81. The Morgan fingerprint density at radius 3 is 2.67 bits per heavy atom. The molecule has 0 atom stereocenters. The van der Waals surface area contributed by atoms with Gasteiger partial charge in [0.15, 0.2) is 0 Å². The SMILES string of the molecule is O=C(CCCCl)O/C=C\CCCl. The Hall–Kier alpha value is -0.210. The fourth-order valence-electron chi connectivity index (χ4n) is 0.525. The molecule has 0 aliphatic rings. The van der Waals surface area contributed by atoms with Crippen LogP contribution in [-0.2, 0) is 9.53 Å². The Morgan fingerprint density at radius 2 is 2.08 bits per heavy atom. The smallest absolute Gasteiger partial charge is 0.310 e. The topological polar surface area (TPSA) is 26.3 Å². The number of ether oxygens (including phenoxy) is 1. The molecule has 0 aromatic carbocycles. The minimum absolute atomic E-state index is 0.249. The Kier molecular flexibility index (Phi) is 8.73. The molecule has 0 radical (unpaired) electrons. The van der Waals surface area contributed by atoms with E-state index in [1.165, 1.54) is 6.26 Å². The maximum atomic E-state index is 10.8. The van der Waals surface area contributed by atoms with Crippen LogP contribution in [0.2, 0.25) is 0 Å². The summed E-state index contributed by atoms with van der Waals surface area (Å²) in [4.78, 5) is 10.8. The van der Waals surface area contributed by atoms with Gasteiger partial charge in [-0.1, -0.05) is 0 Å². The molecule has 0 aliphatic heterocycles. The van der Waals surface area contributed by atoms with Gasteiger partial charge in [0, 0.05) is 18.2 Å². The molecule has 0 heterocycles. The third kappa shape index (κ3) is 7.89. The maximum Gasteiger partial charge on any atom is 0.310 e. The Labute approximate surface area is 82.5 Å². The normalized spacial score (nSPS) is 10.5. The van der Waals surface area contributed by atoms with Crippen molar-refractivity contribution in [2.45, 2.75) is 19.3 Å². The van der Waals surface area contributed by atoms with E-state index in [4.69, 9.17) is 27.9 Å². The summed E-state index contributed by atoms with van der Waals surface area (Å²) >= 11 is 10.8. The highest BCUT2D eigenvalue weighted by molar-refractivity contribution is 6.18. The van der Waals surface area contributed by atoms with Gasteiger partial charge in [0.1, 0.15) is 0 Å². The fourth-order valence-corrected chi connectivity index (χ4v) is 0.785. The van der Waals surface area contributed by atoms with Crippen LogP contribution < -0.4 is 0 Å². The van der Waals surface area contributed by atoms with E-state index < -0.39 is 0 Å². The van der Waals surface area contributed by atoms with Gasteiger partial charge in [-0.05, 0) is 18.9 Å². The third-order valence-electron chi connectivity index (χ3n) is 1.09. The van der Waals surface area contributed by atoms with Crippen molar-refractivity contribution in [1.29, 1.82) is 0 Å². The predicted octanol–water partition coefficient (Wildman–Crippen LogP) is 2.69. The van der Waals surface area contributed by atoms with E-state index in [9.17, 15) is 4.79 Å². The summed E-state index contributed by atoms with van der Waals surface area (Å²) in [5.74, 6) is 0.775. The van der Waals surface area contributed by atoms with E-state index in [-0.39, 0.29) is 5.97 Å². The Balaban J connectivity index is 3.30. The van der Waals surface area contributed by atoms with Crippen LogP contribution in [0.1, 0.15) is 19.3 Å². The molecule has 2 nitrogen and oxygen atoms in total. The number of hydrogen-bond donors (Lipinski definition) is 0. The average Bonchev–Trinajstić information content (AvgIpc) is 2.09. The molecular formula is C8H12Cl2O2. The van der Waals surface area contributed by atoms with Gasteiger partial charge < -0.3 is 4.74 Å². The molecule has 0 bridgehead atoms. The third-order valence-corrected chi connectivity index (χ3v) is 1.57. The molecule has 70 valence electrons. The molecular weight excluding hydrogens is 199 g/mol. The van der Waals surface area contributed by atoms with Crippen LogP contribution in [0.3, 0.4) is 0 Å². The molecule has 0 N–H and O–H groups in total. The summed E-state index contributed by atoms with van der Waals surface area (Å²) < 4.78 is 4.71. The van der Waals surface area contributed by atoms with Gasteiger partial charge in [0.25, 0.3) is 0 Å². The standard InChI is InChI=1S/C8H12Cl2O2/c9-5-1-2-7-12-8(11)4-3-6-10/h2,7H,1,3-6H2/b7-2-. The quantitative estimate of drug-likeness (QED) is 0.383. The second-order valence-corrected chi connectivity index (χ2v) is 2.89. The van der Waals surface area contributed by atoms with Crippen molar-refractivity contribution in [1.82, 2.24) is 0 Å². The largest absolute Gasteiger partial charge is 0.435 e. The van der Waals surface area contributed by atoms with Crippen molar-refractivity contribution >= 4 is 29.2 Å². The van der Waals surface area contributed by atoms with Crippen LogP contribution in [0.4, 0.5) is 0 Å². The fraction of sp³-hybridized carbons (Fsp3) is 0.625. The van der Waals surface area contributed by atoms with Gasteiger partial charge in [-0.3, -0.25) is 4.79 Å². The summed E-state index contributed by atoms with van der Waals surface area (Å²) in [6.07, 6.45) is 4.83. The molecule has 0 aromatic rings. The summed E-state index contributed by atoms with van der Waals surface area (Å²) in [5.41, 5.74) is 0. The molecule has 12 heavy (non-hydrogen) atoms. The molecule has 0 aromatic heterocycles. The van der Waals surface area contributed by atoms with E-state index in [0.717, 1.165) is 0 Å². The molecule has 0 rings (SSSR count). The van der Waals surface area contributed by atoms with E-state index in [1.54, 1.807) is 6.08 Å².